The molecule has 2 N–H and O–H groups in total. The lowest BCUT2D eigenvalue weighted by molar-refractivity contribution is 0.591. The first kappa shape index (κ1) is 14.8. The Labute approximate surface area is 112 Å². The highest BCUT2D eigenvalue weighted by Gasteiger charge is 2.12. The minimum atomic E-state index is -3.09. The number of nitrogens with two attached hydrogens (primary N) is 1. The maximum absolute atomic E-state index is 11.8. The fraction of sp³-hybridized carbons (Fsp3) is 0.455. The van der Waals surface area contributed by atoms with Gasteiger partial charge in [-0.3, -0.25) is 0 Å². The summed E-state index contributed by atoms with van der Waals surface area (Å²) in [5, 5.41) is 0.803. The molecule has 0 amide bonds. The summed E-state index contributed by atoms with van der Waals surface area (Å²) in [6, 6.07) is 4.87. The summed E-state index contributed by atoms with van der Waals surface area (Å²) in [6.07, 6.45) is 1.32. The number of hydrogen-bond donors (Lipinski definition) is 1. The average Bonchev–Trinajstić information content (AvgIpc) is 2.23. The number of hydrogen-bond acceptors (Lipinski definition) is 3. The van der Waals surface area contributed by atoms with Crippen molar-refractivity contribution in [1.82, 2.24) is 0 Å². The van der Waals surface area contributed by atoms with Gasteiger partial charge in [0.2, 0.25) is 0 Å². The maximum atomic E-state index is 11.8. The molecule has 0 aliphatic rings. The van der Waals surface area contributed by atoms with Gasteiger partial charge in [0.25, 0.3) is 0 Å². The molecule has 0 spiro atoms. The Morgan fingerprint density at radius 3 is 2.41 bits per heavy atom. The molecule has 0 saturated heterocycles. The first-order valence-corrected chi connectivity index (χ1v) is 7.87. The third-order valence-corrected chi connectivity index (χ3v) is 4.70. The molecular weight excluding hydrogens is 281 g/mol. The Balaban J connectivity index is 2.66. The van der Waals surface area contributed by atoms with E-state index < -0.39 is 9.84 Å². The molecule has 0 heterocycles. The van der Waals surface area contributed by atoms with Crippen molar-refractivity contribution in [3.63, 3.8) is 0 Å². The van der Waals surface area contributed by atoms with E-state index in [1.165, 1.54) is 0 Å². The highest BCUT2D eigenvalue weighted by atomic mass is 35.5. The number of sulfone groups is 1. The van der Waals surface area contributed by atoms with Crippen LogP contribution < -0.4 is 5.73 Å². The van der Waals surface area contributed by atoms with Gasteiger partial charge in [0.1, 0.15) is 0 Å². The third kappa shape index (κ3) is 5.25. The second kappa shape index (κ2) is 6.59. The summed E-state index contributed by atoms with van der Waals surface area (Å²) >= 11 is 11.6. The zero-order valence-electron chi connectivity index (χ0n) is 9.33. The summed E-state index contributed by atoms with van der Waals surface area (Å²) in [6.45, 7) is 0.516. The molecular formula is C11H15Cl2NO2S. The Morgan fingerprint density at radius 2 is 1.82 bits per heavy atom. The van der Waals surface area contributed by atoms with Crippen molar-refractivity contribution in [2.24, 2.45) is 5.73 Å². The molecule has 1 rings (SSSR count). The van der Waals surface area contributed by atoms with Crippen LogP contribution in [0.2, 0.25) is 10.0 Å². The minimum Gasteiger partial charge on any atom is -0.330 e. The molecule has 17 heavy (non-hydrogen) atoms. The summed E-state index contributed by atoms with van der Waals surface area (Å²) in [4.78, 5) is 0. The standard InChI is InChI=1S/C11H15Cl2NO2S/c12-10-4-3-9(7-11(10)13)8-17(15,16)6-2-1-5-14/h3-4,7H,1-2,5-6,8,14H2. The highest BCUT2D eigenvalue weighted by Crippen LogP contribution is 2.23. The first-order valence-electron chi connectivity index (χ1n) is 5.29. The zero-order chi connectivity index (χ0) is 12.9. The SMILES string of the molecule is NCCCCS(=O)(=O)Cc1ccc(Cl)c(Cl)c1. The summed E-state index contributed by atoms with van der Waals surface area (Å²) in [7, 11) is -3.09. The number of benzene rings is 1. The Bertz CT molecular complexity index is 474. The minimum absolute atomic E-state index is 0.00550. The van der Waals surface area contributed by atoms with Crippen LogP contribution in [0.5, 0.6) is 0 Å². The Hall–Kier alpha value is -0.290. The van der Waals surface area contributed by atoms with Gasteiger partial charge in [0, 0.05) is 0 Å². The van der Waals surface area contributed by atoms with E-state index in [9.17, 15) is 8.42 Å². The second-order valence-corrected chi connectivity index (χ2v) is 6.83. The molecule has 0 fully saturated rings. The second-order valence-electron chi connectivity index (χ2n) is 3.84. The van der Waals surface area contributed by atoms with Gasteiger partial charge in [-0.2, -0.15) is 0 Å². The maximum Gasteiger partial charge on any atom is 0.154 e. The zero-order valence-corrected chi connectivity index (χ0v) is 11.7. The van der Waals surface area contributed by atoms with E-state index in [1.54, 1.807) is 18.2 Å². The fourth-order valence-electron chi connectivity index (χ4n) is 1.42. The van der Waals surface area contributed by atoms with Gasteiger partial charge in [-0.15, -0.1) is 0 Å². The van der Waals surface area contributed by atoms with Crippen LogP contribution in [0.3, 0.4) is 0 Å². The number of unbranched alkanes of at least 4 members (excludes halogenated alkanes) is 1. The molecule has 0 bridgehead atoms. The van der Waals surface area contributed by atoms with Crippen LogP contribution in [0.1, 0.15) is 18.4 Å². The molecule has 0 aliphatic carbocycles. The fourth-order valence-corrected chi connectivity index (χ4v) is 3.22. The van der Waals surface area contributed by atoms with Crippen LogP contribution in [-0.4, -0.2) is 20.7 Å². The average molecular weight is 296 g/mol. The molecule has 1 aromatic rings. The van der Waals surface area contributed by atoms with Gasteiger partial charge >= 0.3 is 0 Å². The van der Waals surface area contributed by atoms with Crippen LogP contribution in [-0.2, 0) is 15.6 Å². The van der Waals surface area contributed by atoms with Gasteiger partial charge in [0.05, 0.1) is 21.6 Å². The van der Waals surface area contributed by atoms with Crippen molar-refractivity contribution in [1.29, 1.82) is 0 Å². The predicted molar refractivity (Wildman–Crippen MR) is 72.2 cm³/mol. The largest absolute Gasteiger partial charge is 0.330 e. The lowest BCUT2D eigenvalue weighted by Crippen LogP contribution is -2.11. The van der Waals surface area contributed by atoms with E-state index in [0.29, 0.717) is 28.6 Å². The van der Waals surface area contributed by atoms with Crippen molar-refractivity contribution >= 4 is 33.0 Å². The quantitative estimate of drug-likeness (QED) is 0.821. The van der Waals surface area contributed by atoms with Gasteiger partial charge in [-0.05, 0) is 37.1 Å². The van der Waals surface area contributed by atoms with Crippen molar-refractivity contribution in [3.8, 4) is 0 Å². The first-order chi connectivity index (χ1) is 7.94. The van der Waals surface area contributed by atoms with Crippen molar-refractivity contribution < 1.29 is 8.42 Å². The summed E-state index contributed by atoms with van der Waals surface area (Å²) < 4.78 is 23.5. The van der Waals surface area contributed by atoms with E-state index in [4.69, 9.17) is 28.9 Å². The monoisotopic (exact) mass is 295 g/mol. The Morgan fingerprint density at radius 1 is 1.12 bits per heavy atom. The van der Waals surface area contributed by atoms with Gasteiger partial charge < -0.3 is 5.73 Å². The van der Waals surface area contributed by atoms with Crippen LogP contribution in [0.15, 0.2) is 18.2 Å². The molecule has 0 saturated carbocycles. The van der Waals surface area contributed by atoms with E-state index in [2.05, 4.69) is 0 Å². The van der Waals surface area contributed by atoms with Crippen molar-refractivity contribution in [2.45, 2.75) is 18.6 Å². The molecule has 0 unspecified atom stereocenters. The van der Waals surface area contributed by atoms with Crippen molar-refractivity contribution in [3.05, 3.63) is 33.8 Å². The molecule has 0 atom stereocenters. The molecule has 6 heteroatoms. The lowest BCUT2D eigenvalue weighted by atomic mass is 10.2. The molecule has 1 aromatic carbocycles. The molecule has 0 aromatic heterocycles. The smallest absolute Gasteiger partial charge is 0.154 e. The van der Waals surface area contributed by atoms with Gasteiger partial charge in [-0.25, -0.2) is 8.42 Å². The third-order valence-electron chi connectivity index (χ3n) is 2.28. The van der Waals surface area contributed by atoms with E-state index in [-0.39, 0.29) is 11.5 Å². The molecule has 0 radical (unpaired) electrons. The lowest BCUT2D eigenvalue weighted by Gasteiger charge is -2.05. The van der Waals surface area contributed by atoms with E-state index in [1.807, 2.05) is 0 Å². The highest BCUT2D eigenvalue weighted by molar-refractivity contribution is 7.90. The Kier molecular flexibility index (Phi) is 5.73. The normalized spacial score (nSPS) is 11.7. The van der Waals surface area contributed by atoms with Gasteiger partial charge in [0.15, 0.2) is 9.84 Å². The summed E-state index contributed by atoms with van der Waals surface area (Å²) in [5.74, 6) is 0.152. The topological polar surface area (TPSA) is 60.2 Å². The van der Waals surface area contributed by atoms with E-state index in [0.717, 1.165) is 6.42 Å². The predicted octanol–water partition coefficient (Wildman–Crippen LogP) is 2.65. The molecule has 0 aliphatic heterocycles. The van der Waals surface area contributed by atoms with Crippen molar-refractivity contribution in [2.75, 3.05) is 12.3 Å². The van der Waals surface area contributed by atoms with Gasteiger partial charge in [-0.1, -0.05) is 29.3 Å². The van der Waals surface area contributed by atoms with Crippen LogP contribution in [0.25, 0.3) is 0 Å². The number of halogens is 2. The molecule has 3 nitrogen and oxygen atoms in total. The van der Waals surface area contributed by atoms with Crippen LogP contribution in [0, 0.1) is 0 Å². The van der Waals surface area contributed by atoms with E-state index >= 15 is 0 Å². The van der Waals surface area contributed by atoms with Crippen LogP contribution >= 0.6 is 23.2 Å². The van der Waals surface area contributed by atoms with Crippen LogP contribution in [0.4, 0.5) is 0 Å². The molecule has 96 valence electrons. The number of rotatable bonds is 6. The summed E-state index contributed by atoms with van der Waals surface area (Å²) in [5.41, 5.74) is 5.98.